The first kappa shape index (κ1) is 9.64. The zero-order valence-corrected chi connectivity index (χ0v) is 7.87. The van der Waals surface area contributed by atoms with Crippen LogP contribution >= 0.6 is 11.3 Å². The first-order chi connectivity index (χ1) is 6.29. The summed E-state index contributed by atoms with van der Waals surface area (Å²) in [6.45, 7) is 1.96. The third kappa shape index (κ3) is 2.24. The molecule has 1 rings (SSSR count). The summed E-state index contributed by atoms with van der Waals surface area (Å²) in [5.74, 6) is -0.604. The Bertz CT molecular complexity index is 339. The zero-order chi connectivity index (χ0) is 9.68. The molecule has 0 bridgehead atoms. The van der Waals surface area contributed by atoms with Crippen LogP contribution in [0.4, 0.5) is 0 Å². The summed E-state index contributed by atoms with van der Waals surface area (Å²) in [6.07, 6.45) is 0. The van der Waals surface area contributed by atoms with Gasteiger partial charge in [0.1, 0.15) is 4.88 Å². The van der Waals surface area contributed by atoms with E-state index in [0.29, 0.717) is 4.88 Å². The lowest BCUT2D eigenvalue weighted by Crippen LogP contribution is -2.18. The van der Waals surface area contributed by atoms with Crippen molar-refractivity contribution in [2.24, 2.45) is 0 Å². The van der Waals surface area contributed by atoms with Crippen molar-refractivity contribution in [1.82, 2.24) is 0 Å². The zero-order valence-electron chi connectivity index (χ0n) is 7.06. The molecule has 0 saturated heterocycles. The SMILES string of the molecule is CCOC(=O)C(=[N+]=[N-])c1cccs1. The van der Waals surface area contributed by atoms with E-state index in [0.717, 1.165) is 0 Å². The van der Waals surface area contributed by atoms with Gasteiger partial charge in [-0.15, -0.1) is 11.3 Å². The maximum atomic E-state index is 11.2. The molecule has 0 amide bonds. The summed E-state index contributed by atoms with van der Waals surface area (Å²) in [5, 5.41) is 1.79. The van der Waals surface area contributed by atoms with Gasteiger partial charge in [-0.3, -0.25) is 0 Å². The Balaban J connectivity index is 2.88. The highest BCUT2D eigenvalue weighted by molar-refractivity contribution is 7.12. The van der Waals surface area contributed by atoms with Gasteiger partial charge >= 0.3 is 11.7 Å². The molecular weight excluding hydrogens is 188 g/mol. The van der Waals surface area contributed by atoms with Crippen molar-refractivity contribution in [2.75, 3.05) is 6.61 Å². The Morgan fingerprint density at radius 1 is 1.77 bits per heavy atom. The van der Waals surface area contributed by atoms with E-state index in [2.05, 4.69) is 4.79 Å². The maximum absolute atomic E-state index is 11.2. The Hall–Kier alpha value is -1.45. The van der Waals surface area contributed by atoms with Gasteiger partial charge in [0.15, 0.2) is 0 Å². The lowest BCUT2D eigenvalue weighted by molar-refractivity contribution is -0.139. The molecule has 0 spiro atoms. The largest absolute Gasteiger partial charge is 0.457 e. The third-order valence-corrected chi connectivity index (χ3v) is 2.20. The summed E-state index contributed by atoms with van der Waals surface area (Å²) in [6, 6.07) is 3.46. The molecule has 68 valence electrons. The molecule has 1 heterocycles. The number of rotatable bonds is 3. The van der Waals surface area contributed by atoms with Gasteiger partial charge < -0.3 is 10.3 Å². The van der Waals surface area contributed by atoms with Crippen LogP contribution in [0, 0.1) is 0 Å². The Labute approximate surface area is 79.4 Å². The molecule has 0 N–H and O–H groups in total. The van der Waals surface area contributed by atoms with Crippen molar-refractivity contribution in [2.45, 2.75) is 6.92 Å². The van der Waals surface area contributed by atoms with Crippen molar-refractivity contribution in [3.63, 3.8) is 0 Å². The van der Waals surface area contributed by atoms with E-state index in [9.17, 15) is 4.79 Å². The number of nitrogens with zero attached hydrogens (tertiary/aromatic N) is 2. The molecule has 1 aromatic rings. The molecule has 0 fully saturated rings. The van der Waals surface area contributed by atoms with Crippen LogP contribution in [-0.2, 0) is 9.53 Å². The second-order valence-electron chi connectivity index (χ2n) is 2.15. The van der Waals surface area contributed by atoms with Crippen molar-refractivity contribution in [1.29, 1.82) is 0 Å². The van der Waals surface area contributed by atoms with Gasteiger partial charge in [0.25, 0.3) is 0 Å². The van der Waals surface area contributed by atoms with Gasteiger partial charge in [-0.25, -0.2) is 4.79 Å². The number of carbonyl (C=O) groups is 1. The van der Waals surface area contributed by atoms with E-state index < -0.39 is 5.97 Å². The van der Waals surface area contributed by atoms with Crippen molar-refractivity contribution in [3.05, 3.63) is 27.9 Å². The molecule has 0 atom stereocenters. The van der Waals surface area contributed by atoms with E-state index in [1.165, 1.54) is 11.3 Å². The maximum Gasteiger partial charge on any atom is 0.423 e. The topological polar surface area (TPSA) is 62.7 Å². The van der Waals surface area contributed by atoms with Gasteiger partial charge in [-0.1, -0.05) is 6.07 Å². The summed E-state index contributed by atoms with van der Waals surface area (Å²) >= 11 is 1.32. The van der Waals surface area contributed by atoms with Crippen LogP contribution in [0.25, 0.3) is 5.53 Å². The molecule has 0 radical (unpaired) electrons. The van der Waals surface area contributed by atoms with Crippen LogP contribution in [-0.4, -0.2) is 23.1 Å². The fourth-order valence-corrected chi connectivity index (χ4v) is 1.50. The monoisotopic (exact) mass is 196 g/mol. The van der Waals surface area contributed by atoms with E-state index in [4.69, 9.17) is 10.3 Å². The standard InChI is InChI=1S/C8H8N2O2S/c1-2-12-8(11)7(10-9)6-4-3-5-13-6/h3-5H,2H2,1H3. The van der Waals surface area contributed by atoms with Gasteiger partial charge in [0, 0.05) is 0 Å². The van der Waals surface area contributed by atoms with Gasteiger partial charge in [0.05, 0.1) is 6.61 Å². The summed E-state index contributed by atoms with van der Waals surface area (Å²) < 4.78 is 4.70. The number of hydrogen-bond donors (Lipinski definition) is 0. The van der Waals surface area contributed by atoms with Crippen LogP contribution in [0.5, 0.6) is 0 Å². The normalized spacial score (nSPS) is 9.00. The summed E-state index contributed by atoms with van der Waals surface area (Å²) in [5.41, 5.74) is 8.54. The van der Waals surface area contributed by atoms with Gasteiger partial charge in [-0.2, -0.15) is 4.79 Å². The summed E-state index contributed by atoms with van der Waals surface area (Å²) in [7, 11) is 0. The van der Waals surface area contributed by atoms with Crippen LogP contribution < -0.4 is 0 Å². The number of esters is 1. The molecule has 0 saturated carbocycles. The molecule has 0 aliphatic rings. The highest BCUT2D eigenvalue weighted by Gasteiger charge is 2.24. The van der Waals surface area contributed by atoms with Gasteiger partial charge in [-0.05, 0) is 18.4 Å². The number of carbonyl (C=O) groups excluding carboxylic acids is 1. The van der Waals surface area contributed by atoms with Crippen LogP contribution in [0.1, 0.15) is 11.8 Å². The Kier molecular flexibility index (Phi) is 3.37. The minimum atomic E-state index is -0.604. The number of ether oxygens (including phenoxy) is 1. The smallest absolute Gasteiger partial charge is 0.423 e. The molecule has 0 aliphatic carbocycles. The molecule has 13 heavy (non-hydrogen) atoms. The second-order valence-corrected chi connectivity index (χ2v) is 3.09. The quantitative estimate of drug-likeness (QED) is 0.317. The second kappa shape index (κ2) is 4.54. The average molecular weight is 196 g/mol. The first-order valence-electron chi connectivity index (χ1n) is 3.72. The molecule has 4 nitrogen and oxygen atoms in total. The first-order valence-corrected chi connectivity index (χ1v) is 4.60. The lowest BCUT2D eigenvalue weighted by Gasteiger charge is -1.94. The van der Waals surface area contributed by atoms with Crippen molar-refractivity contribution in [3.8, 4) is 0 Å². The number of hydrogen-bond acceptors (Lipinski definition) is 3. The molecule has 0 unspecified atom stereocenters. The highest BCUT2D eigenvalue weighted by Crippen LogP contribution is 2.09. The minimum Gasteiger partial charge on any atom is -0.457 e. The van der Waals surface area contributed by atoms with E-state index >= 15 is 0 Å². The fourth-order valence-electron chi connectivity index (χ4n) is 0.803. The molecule has 5 heteroatoms. The van der Waals surface area contributed by atoms with Crippen LogP contribution in [0.15, 0.2) is 17.5 Å². The van der Waals surface area contributed by atoms with Crippen LogP contribution in [0.2, 0.25) is 0 Å². The molecule has 0 aromatic carbocycles. The predicted molar refractivity (Wildman–Crippen MR) is 48.7 cm³/mol. The van der Waals surface area contributed by atoms with Gasteiger partial charge in [0.2, 0.25) is 0 Å². The van der Waals surface area contributed by atoms with E-state index in [1.807, 2.05) is 0 Å². The van der Waals surface area contributed by atoms with E-state index in [1.54, 1.807) is 24.4 Å². The fraction of sp³-hybridized carbons (Fsp3) is 0.250. The molecular formula is C8H8N2O2S. The number of thiophene rings is 1. The van der Waals surface area contributed by atoms with Crippen LogP contribution in [0.3, 0.4) is 0 Å². The summed E-state index contributed by atoms with van der Waals surface area (Å²) in [4.78, 5) is 14.7. The van der Waals surface area contributed by atoms with Crippen molar-refractivity contribution < 1.29 is 14.3 Å². The molecule has 0 aliphatic heterocycles. The Morgan fingerprint density at radius 2 is 2.54 bits per heavy atom. The highest BCUT2D eigenvalue weighted by atomic mass is 32.1. The van der Waals surface area contributed by atoms with Crippen molar-refractivity contribution >= 4 is 23.0 Å². The Morgan fingerprint density at radius 3 is 3.00 bits per heavy atom. The molecule has 1 aromatic heterocycles. The lowest BCUT2D eigenvalue weighted by atomic mass is 10.3. The average Bonchev–Trinajstić information content (AvgIpc) is 2.59. The predicted octanol–water partition coefficient (Wildman–Crippen LogP) is 1.33. The third-order valence-electron chi connectivity index (χ3n) is 1.32. The minimum absolute atomic E-state index is 0.0446. The van der Waals surface area contributed by atoms with E-state index in [-0.39, 0.29) is 12.3 Å².